The first-order valence-electron chi connectivity index (χ1n) is 20.9. The first-order valence-corrected chi connectivity index (χ1v) is 20.9. The molecule has 0 amide bonds. The van der Waals surface area contributed by atoms with Gasteiger partial charge in [-0.25, -0.2) is 15.0 Å². The van der Waals surface area contributed by atoms with Gasteiger partial charge in [0.2, 0.25) is 0 Å². The fourth-order valence-electron chi connectivity index (χ4n) is 9.23. The maximum absolute atomic E-state index is 6.54. The average Bonchev–Trinajstić information content (AvgIpc) is 3.72. The molecule has 286 valence electrons. The third-order valence-corrected chi connectivity index (χ3v) is 12.3. The average molecular weight is 780 g/mol. The molecule has 0 saturated carbocycles. The predicted molar refractivity (Wildman–Crippen MR) is 252 cm³/mol. The molecule has 12 rings (SSSR count). The van der Waals surface area contributed by atoms with E-state index in [4.69, 9.17) is 19.4 Å². The third-order valence-electron chi connectivity index (χ3n) is 12.3. The Morgan fingerprint density at radius 3 is 1.93 bits per heavy atom. The zero-order chi connectivity index (χ0) is 40.3. The highest BCUT2D eigenvalue weighted by Crippen LogP contribution is 2.44. The molecule has 2 aromatic heterocycles. The molecule has 0 fully saturated rings. The lowest BCUT2D eigenvalue weighted by molar-refractivity contribution is 0.669. The Balaban J connectivity index is 1.08. The van der Waals surface area contributed by atoms with Gasteiger partial charge in [0.15, 0.2) is 17.5 Å². The number of nitrogens with zero attached hydrogens (tertiary/aromatic N) is 3. The molecule has 0 radical (unpaired) electrons. The predicted octanol–water partition coefficient (Wildman–Crippen LogP) is 14.9. The molecular weight excluding hydrogens is 743 g/mol. The van der Waals surface area contributed by atoms with E-state index in [1.807, 2.05) is 12.1 Å². The maximum atomic E-state index is 6.54. The van der Waals surface area contributed by atoms with Gasteiger partial charge >= 0.3 is 0 Å². The molecule has 2 heterocycles. The monoisotopic (exact) mass is 779 g/mol. The smallest absolute Gasteiger partial charge is 0.165 e. The van der Waals surface area contributed by atoms with E-state index in [9.17, 15) is 0 Å². The van der Waals surface area contributed by atoms with Crippen LogP contribution in [0.5, 0.6) is 0 Å². The van der Waals surface area contributed by atoms with Crippen molar-refractivity contribution in [2.75, 3.05) is 0 Å². The fourth-order valence-corrected chi connectivity index (χ4v) is 9.23. The number of allylic oxidation sites excluding steroid dienone is 8. The SMILES string of the molecule is C1=CC2=CC(c3nc(-c4ccc5ccc6ccccc6c5c4)nc(-c4c(-c5ccc(-c6ccccc6-c6ccccc6)cc5)ccc5oc6ccccc6c45)n3)=CCC2C=C1. The number of para-hydroxylation sites is 1. The minimum Gasteiger partial charge on any atom is -0.456 e. The quantitative estimate of drug-likeness (QED) is 0.158. The Labute approximate surface area is 353 Å². The highest BCUT2D eigenvalue weighted by Gasteiger charge is 2.24. The fraction of sp³-hybridized carbons (Fsp3) is 0.0351. The van der Waals surface area contributed by atoms with Gasteiger partial charge in [-0.05, 0) is 97.3 Å². The van der Waals surface area contributed by atoms with E-state index < -0.39 is 0 Å². The molecule has 0 bridgehead atoms. The van der Waals surface area contributed by atoms with Crippen LogP contribution in [0.2, 0.25) is 0 Å². The van der Waals surface area contributed by atoms with E-state index in [1.165, 1.54) is 38.4 Å². The first-order chi connectivity index (χ1) is 30.2. The number of rotatable bonds is 6. The van der Waals surface area contributed by atoms with Crippen LogP contribution in [0.15, 0.2) is 216 Å². The van der Waals surface area contributed by atoms with E-state index in [0.717, 1.165) is 67.1 Å². The van der Waals surface area contributed by atoms with E-state index in [1.54, 1.807) is 0 Å². The molecule has 0 aliphatic heterocycles. The lowest BCUT2D eigenvalue weighted by atomic mass is 9.85. The summed E-state index contributed by atoms with van der Waals surface area (Å²) in [5.74, 6) is 2.22. The Bertz CT molecular complexity index is 3500. The van der Waals surface area contributed by atoms with Crippen molar-refractivity contribution < 1.29 is 4.42 Å². The van der Waals surface area contributed by atoms with Gasteiger partial charge in [0.05, 0.1) is 0 Å². The van der Waals surface area contributed by atoms with Gasteiger partial charge in [0.25, 0.3) is 0 Å². The van der Waals surface area contributed by atoms with Crippen molar-refractivity contribution >= 4 is 49.1 Å². The summed E-state index contributed by atoms with van der Waals surface area (Å²) in [6, 6.07) is 60.1. The minimum atomic E-state index is 0.351. The summed E-state index contributed by atoms with van der Waals surface area (Å²) < 4.78 is 6.54. The molecule has 0 N–H and O–H groups in total. The van der Waals surface area contributed by atoms with Crippen LogP contribution in [0.4, 0.5) is 0 Å². The number of furan rings is 1. The van der Waals surface area contributed by atoms with Crippen molar-refractivity contribution in [2.24, 2.45) is 5.92 Å². The van der Waals surface area contributed by atoms with Crippen molar-refractivity contribution in [3.8, 4) is 56.2 Å². The Kier molecular flexibility index (Phi) is 8.27. The van der Waals surface area contributed by atoms with Crippen LogP contribution in [0, 0.1) is 5.92 Å². The van der Waals surface area contributed by atoms with Gasteiger partial charge in [0.1, 0.15) is 11.2 Å². The second-order valence-electron chi connectivity index (χ2n) is 15.9. The highest BCUT2D eigenvalue weighted by atomic mass is 16.3. The van der Waals surface area contributed by atoms with Crippen molar-refractivity contribution in [1.82, 2.24) is 15.0 Å². The van der Waals surface area contributed by atoms with Crippen LogP contribution in [0.3, 0.4) is 0 Å². The van der Waals surface area contributed by atoms with Crippen LogP contribution < -0.4 is 0 Å². The van der Waals surface area contributed by atoms with E-state index in [0.29, 0.717) is 23.4 Å². The normalized spacial score (nSPS) is 14.7. The number of benzene rings is 8. The van der Waals surface area contributed by atoms with Crippen LogP contribution in [0.25, 0.3) is 105 Å². The van der Waals surface area contributed by atoms with Crippen LogP contribution >= 0.6 is 0 Å². The first kappa shape index (κ1) is 35.0. The number of aromatic nitrogens is 3. The van der Waals surface area contributed by atoms with Gasteiger partial charge in [-0.15, -0.1) is 0 Å². The molecule has 1 unspecified atom stereocenters. The van der Waals surface area contributed by atoms with Crippen LogP contribution in [-0.2, 0) is 0 Å². The molecular formula is C57H37N3O. The van der Waals surface area contributed by atoms with Crippen LogP contribution in [-0.4, -0.2) is 15.0 Å². The summed E-state index contributed by atoms with van der Waals surface area (Å²) in [6.45, 7) is 0. The second-order valence-corrected chi connectivity index (χ2v) is 15.9. The summed E-state index contributed by atoms with van der Waals surface area (Å²) in [4.78, 5) is 16.1. The lowest BCUT2D eigenvalue weighted by Gasteiger charge is -2.21. The zero-order valence-electron chi connectivity index (χ0n) is 33.2. The Morgan fingerprint density at radius 1 is 0.459 bits per heavy atom. The largest absolute Gasteiger partial charge is 0.456 e. The molecule has 8 aromatic carbocycles. The van der Waals surface area contributed by atoms with Gasteiger partial charge in [-0.2, -0.15) is 0 Å². The topological polar surface area (TPSA) is 51.8 Å². The summed E-state index contributed by atoms with van der Waals surface area (Å²) in [6.07, 6.45) is 14.1. The molecule has 2 aliphatic rings. The second kappa shape index (κ2) is 14.4. The molecule has 1 atom stereocenters. The van der Waals surface area contributed by atoms with E-state index in [-0.39, 0.29) is 0 Å². The Morgan fingerprint density at radius 2 is 1.10 bits per heavy atom. The number of hydrogen-bond donors (Lipinski definition) is 0. The highest BCUT2D eigenvalue weighted by molar-refractivity contribution is 6.15. The van der Waals surface area contributed by atoms with Crippen molar-refractivity contribution in [3.63, 3.8) is 0 Å². The Hall–Kier alpha value is -7.95. The van der Waals surface area contributed by atoms with E-state index >= 15 is 0 Å². The molecule has 4 nitrogen and oxygen atoms in total. The standard InChI is InChI=1S/C57H37N3O/c1-2-13-37(14-3-1)45-17-8-9-18-46(45)39-24-26-40(27-25-39)48-32-33-52-53(49-20-10-11-21-51(49)61-52)54(48)57-59-55(43-30-22-36-12-4-5-16-42(36)34-43)58-56(60-57)44-31-29-41-28-23-38-15-6-7-19-47(38)50(41)35-44/h1-21,23-36H,22H2. The van der Waals surface area contributed by atoms with Gasteiger partial charge < -0.3 is 4.42 Å². The molecule has 2 aliphatic carbocycles. The van der Waals surface area contributed by atoms with Gasteiger partial charge in [-0.1, -0.05) is 176 Å². The van der Waals surface area contributed by atoms with Gasteiger partial charge in [-0.3, -0.25) is 0 Å². The summed E-state index contributed by atoms with van der Waals surface area (Å²) in [7, 11) is 0. The molecule has 61 heavy (non-hydrogen) atoms. The maximum Gasteiger partial charge on any atom is 0.165 e. The summed E-state index contributed by atoms with van der Waals surface area (Å²) in [5.41, 5.74) is 12.5. The number of fused-ring (bicyclic) bond motifs is 7. The summed E-state index contributed by atoms with van der Waals surface area (Å²) >= 11 is 0. The van der Waals surface area contributed by atoms with Crippen LogP contribution in [0.1, 0.15) is 12.2 Å². The molecule has 0 spiro atoms. The third kappa shape index (κ3) is 6.11. The van der Waals surface area contributed by atoms with Gasteiger partial charge in [0, 0.05) is 33.4 Å². The number of hydrogen-bond acceptors (Lipinski definition) is 4. The molecule has 4 heteroatoms. The summed E-state index contributed by atoms with van der Waals surface area (Å²) in [5, 5.41) is 6.74. The van der Waals surface area contributed by atoms with Crippen molar-refractivity contribution in [3.05, 3.63) is 218 Å². The van der Waals surface area contributed by atoms with Crippen molar-refractivity contribution in [1.29, 1.82) is 0 Å². The van der Waals surface area contributed by atoms with Crippen molar-refractivity contribution in [2.45, 2.75) is 6.42 Å². The zero-order valence-corrected chi connectivity index (χ0v) is 33.2. The molecule has 10 aromatic rings. The lowest BCUT2D eigenvalue weighted by Crippen LogP contribution is -2.08. The van der Waals surface area contributed by atoms with E-state index in [2.05, 4.69) is 194 Å². The molecule has 0 saturated heterocycles. The minimum absolute atomic E-state index is 0.351.